The lowest BCUT2D eigenvalue weighted by Gasteiger charge is -2.24. The standard InChI is InChI=1S/C29H28ClN3O4S/c1-2-37-28(36)21-10-16-24(17-11-21)33-27(35)25(19-26(34)31-23-14-12-22(30)13-15-23)32(29(33)38)18-6-9-20-7-4-3-5-8-20/h3-5,7-8,10-17,25H,2,6,9,18-19H2,1H3,(H,31,34). The van der Waals surface area contributed by atoms with Gasteiger partial charge in [-0.05, 0) is 86.1 Å². The number of ether oxygens (including phenoxy) is 1. The molecule has 0 saturated carbocycles. The summed E-state index contributed by atoms with van der Waals surface area (Å²) >= 11 is 11.7. The highest BCUT2D eigenvalue weighted by atomic mass is 35.5. The summed E-state index contributed by atoms with van der Waals surface area (Å²) in [5.41, 5.74) is 2.69. The number of aryl methyl sites for hydroxylation is 1. The number of esters is 1. The van der Waals surface area contributed by atoms with Crippen LogP contribution in [0.3, 0.4) is 0 Å². The zero-order valence-corrected chi connectivity index (χ0v) is 22.5. The molecule has 3 aromatic carbocycles. The normalized spacial score (nSPS) is 15.1. The van der Waals surface area contributed by atoms with Crippen molar-refractivity contribution in [2.75, 3.05) is 23.4 Å². The first kappa shape index (κ1) is 27.3. The van der Waals surface area contributed by atoms with E-state index in [0.717, 1.165) is 12.8 Å². The third kappa shape index (κ3) is 6.57. The fourth-order valence-corrected chi connectivity index (χ4v) is 4.84. The summed E-state index contributed by atoms with van der Waals surface area (Å²) in [5, 5.41) is 3.72. The number of hydrogen-bond acceptors (Lipinski definition) is 5. The van der Waals surface area contributed by atoms with Crippen LogP contribution in [0.2, 0.25) is 5.02 Å². The molecule has 0 aromatic heterocycles. The van der Waals surface area contributed by atoms with Crippen LogP contribution in [0.25, 0.3) is 0 Å². The van der Waals surface area contributed by atoms with Crippen molar-refractivity contribution < 1.29 is 19.1 Å². The van der Waals surface area contributed by atoms with E-state index in [0.29, 0.717) is 33.6 Å². The molecule has 38 heavy (non-hydrogen) atoms. The summed E-state index contributed by atoms with van der Waals surface area (Å²) in [4.78, 5) is 41.9. The fourth-order valence-electron chi connectivity index (χ4n) is 4.31. The van der Waals surface area contributed by atoms with Gasteiger partial charge in [-0.25, -0.2) is 4.79 Å². The topological polar surface area (TPSA) is 78.9 Å². The molecule has 0 radical (unpaired) electrons. The molecule has 9 heteroatoms. The Morgan fingerprint density at radius 1 is 1.00 bits per heavy atom. The quantitative estimate of drug-likeness (QED) is 0.266. The van der Waals surface area contributed by atoms with Gasteiger partial charge in [0.2, 0.25) is 5.91 Å². The van der Waals surface area contributed by atoms with Gasteiger partial charge >= 0.3 is 5.97 Å². The number of nitrogens with one attached hydrogen (secondary N) is 1. The van der Waals surface area contributed by atoms with Crippen LogP contribution in [-0.2, 0) is 20.7 Å². The van der Waals surface area contributed by atoms with Crippen molar-refractivity contribution in [3.05, 3.63) is 95.0 Å². The van der Waals surface area contributed by atoms with Crippen LogP contribution >= 0.6 is 23.8 Å². The highest BCUT2D eigenvalue weighted by Crippen LogP contribution is 2.28. The van der Waals surface area contributed by atoms with E-state index in [-0.39, 0.29) is 24.8 Å². The van der Waals surface area contributed by atoms with Crippen LogP contribution in [0.4, 0.5) is 11.4 Å². The molecule has 1 fully saturated rings. The Labute approximate surface area is 232 Å². The Kier molecular flexibility index (Phi) is 9.10. The second-order valence-corrected chi connectivity index (χ2v) is 9.58. The number of thiocarbonyl (C=S) groups is 1. The zero-order chi connectivity index (χ0) is 27.1. The molecule has 1 atom stereocenters. The predicted octanol–water partition coefficient (Wildman–Crippen LogP) is 5.48. The van der Waals surface area contributed by atoms with Crippen molar-refractivity contribution in [1.82, 2.24) is 4.90 Å². The maximum atomic E-state index is 13.6. The number of rotatable bonds is 10. The molecule has 1 aliphatic rings. The lowest BCUT2D eigenvalue weighted by Crippen LogP contribution is -2.38. The van der Waals surface area contributed by atoms with Crippen molar-refractivity contribution in [2.24, 2.45) is 0 Å². The van der Waals surface area contributed by atoms with Crippen LogP contribution in [-0.4, -0.2) is 47.0 Å². The van der Waals surface area contributed by atoms with E-state index in [1.807, 2.05) is 23.1 Å². The van der Waals surface area contributed by atoms with Gasteiger partial charge in [-0.2, -0.15) is 0 Å². The average Bonchev–Trinajstić information content (AvgIpc) is 3.14. The molecule has 1 saturated heterocycles. The minimum atomic E-state index is -0.754. The molecule has 0 bridgehead atoms. The highest BCUT2D eigenvalue weighted by Gasteiger charge is 2.43. The Balaban J connectivity index is 1.52. The molecule has 1 heterocycles. The molecule has 4 rings (SSSR count). The molecule has 196 valence electrons. The number of benzene rings is 3. The first-order valence-electron chi connectivity index (χ1n) is 12.4. The Bertz CT molecular complexity index is 1300. The molecule has 0 aliphatic carbocycles. The van der Waals surface area contributed by atoms with Gasteiger partial charge in [0.15, 0.2) is 5.11 Å². The number of amides is 2. The van der Waals surface area contributed by atoms with Gasteiger partial charge in [0, 0.05) is 17.3 Å². The van der Waals surface area contributed by atoms with Gasteiger partial charge in [0.05, 0.1) is 24.3 Å². The maximum Gasteiger partial charge on any atom is 0.338 e. The van der Waals surface area contributed by atoms with Gasteiger partial charge in [-0.3, -0.25) is 14.5 Å². The average molecular weight is 550 g/mol. The number of hydrogen-bond donors (Lipinski definition) is 1. The van der Waals surface area contributed by atoms with Crippen LogP contribution in [0.15, 0.2) is 78.9 Å². The monoisotopic (exact) mass is 549 g/mol. The number of anilines is 2. The summed E-state index contributed by atoms with van der Waals surface area (Å²) in [5.74, 6) is -1.03. The number of nitrogens with zero attached hydrogens (tertiary/aromatic N) is 2. The van der Waals surface area contributed by atoms with E-state index in [1.165, 1.54) is 10.5 Å². The summed E-state index contributed by atoms with van der Waals surface area (Å²) in [7, 11) is 0. The largest absolute Gasteiger partial charge is 0.462 e. The van der Waals surface area contributed by atoms with Crippen LogP contribution in [0.1, 0.15) is 35.7 Å². The third-order valence-electron chi connectivity index (χ3n) is 6.17. The second kappa shape index (κ2) is 12.7. The molecule has 1 unspecified atom stereocenters. The number of halogens is 1. The molecule has 2 amide bonds. The molecule has 1 N–H and O–H groups in total. The smallest absolute Gasteiger partial charge is 0.338 e. The minimum Gasteiger partial charge on any atom is -0.462 e. The zero-order valence-electron chi connectivity index (χ0n) is 20.9. The molecular weight excluding hydrogens is 522 g/mol. The second-order valence-electron chi connectivity index (χ2n) is 8.78. The molecule has 3 aromatic rings. The van der Waals surface area contributed by atoms with Gasteiger partial charge in [0.1, 0.15) is 6.04 Å². The Morgan fingerprint density at radius 2 is 1.68 bits per heavy atom. The van der Waals surface area contributed by atoms with Gasteiger partial charge in [0.25, 0.3) is 5.91 Å². The summed E-state index contributed by atoms with van der Waals surface area (Å²) in [6.07, 6.45) is 1.50. The van der Waals surface area contributed by atoms with Crippen molar-refractivity contribution in [3.8, 4) is 0 Å². The van der Waals surface area contributed by atoms with Crippen molar-refractivity contribution >= 4 is 58.1 Å². The van der Waals surface area contributed by atoms with Crippen LogP contribution < -0.4 is 10.2 Å². The summed E-state index contributed by atoms with van der Waals surface area (Å²) in [6, 6.07) is 22.6. The Morgan fingerprint density at radius 3 is 2.34 bits per heavy atom. The van der Waals surface area contributed by atoms with Crippen molar-refractivity contribution in [3.63, 3.8) is 0 Å². The van der Waals surface area contributed by atoms with E-state index >= 15 is 0 Å². The van der Waals surface area contributed by atoms with Crippen molar-refractivity contribution in [1.29, 1.82) is 0 Å². The fraction of sp³-hybridized carbons (Fsp3) is 0.241. The molecule has 7 nitrogen and oxygen atoms in total. The van der Waals surface area contributed by atoms with Crippen molar-refractivity contribution in [2.45, 2.75) is 32.2 Å². The molecule has 0 spiro atoms. The summed E-state index contributed by atoms with van der Waals surface area (Å²) < 4.78 is 5.04. The SMILES string of the molecule is CCOC(=O)c1ccc(N2C(=O)C(CC(=O)Nc3ccc(Cl)cc3)N(CCCc3ccccc3)C2=S)cc1. The van der Waals surface area contributed by atoms with Crippen LogP contribution in [0.5, 0.6) is 0 Å². The first-order valence-corrected chi connectivity index (χ1v) is 13.2. The molecular formula is C29H28ClN3O4S. The van der Waals surface area contributed by atoms with Crippen LogP contribution in [0, 0.1) is 0 Å². The Hall–Kier alpha value is -3.75. The maximum absolute atomic E-state index is 13.6. The van der Waals surface area contributed by atoms with E-state index in [1.54, 1.807) is 55.5 Å². The third-order valence-corrected chi connectivity index (χ3v) is 6.84. The number of carbonyl (C=O) groups excluding carboxylic acids is 3. The lowest BCUT2D eigenvalue weighted by molar-refractivity contribution is -0.124. The van der Waals surface area contributed by atoms with E-state index in [2.05, 4.69) is 17.4 Å². The van der Waals surface area contributed by atoms with Gasteiger partial charge in [-0.15, -0.1) is 0 Å². The van der Waals surface area contributed by atoms with E-state index < -0.39 is 12.0 Å². The first-order chi connectivity index (χ1) is 18.4. The van der Waals surface area contributed by atoms with Gasteiger partial charge < -0.3 is 15.0 Å². The lowest BCUT2D eigenvalue weighted by atomic mass is 10.1. The number of carbonyl (C=O) groups is 3. The van der Waals surface area contributed by atoms with E-state index in [4.69, 9.17) is 28.6 Å². The summed E-state index contributed by atoms with van der Waals surface area (Å²) in [6.45, 7) is 2.52. The highest BCUT2D eigenvalue weighted by molar-refractivity contribution is 7.80. The minimum absolute atomic E-state index is 0.0651. The predicted molar refractivity (Wildman–Crippen MR) is 152 cm³/mol. The van der Waals surface area contributed by atoms with E-state index in [9.17, 15) is 14.4 Å². The molecule has 1 aliphatic heterocycles. The van der Waals surface area contributed by atoms with Gasteiger partial charge in [-0.1, -0.05) is 41.9 Å².